The van der Waals surface area contributed by atoms with Gasteiger partial charge in [-0.25, -0.2) is 0 Å². The van der Waals surface area contributed by atoms with Crippen LogP contribution in [-0.4, -0.2) is 44.1 Å². The van der Waals surface area contributed by atoms with Gasteiger partial charge in [0, 0.05) is 19.7 Å². The number of aldehydes is 1. The summed E-state index contributed by atoms with van der Waals surface area (Å²) in [6.07, 6.45) is 0.658. The molecule has 102 valence electrons. The molecule has 6 heteroatoms. The van der Waals surface area contributed by atoms with Crippen LogP contribution in [-0.2, 0) is 4.79 Å². The van der Waals surface area contributed by atoms with Crippen molar-refractivity contribution in [3.05, 3.63) is 17.7 Å². The van der Waals surface area contributed by atoms with Crippen molar-refractivity contribution < 1.29 is 23.8 Å². The number of hydrogen-bond acceptors (Lipinski definition) is 5. The molecule has 0 N–H and O–H groups in total. The first-order valence-electron chi connectivity index (χ1n) is 5.91. The fraction of sp³-hybridized carbons (Fsp3) is 0.385. The van der Waals surface area contributed by atoms with Crippen LogP contribution in [0.4, 0.5) is 0 Å². The minimum atomic E-state index is -0.156. The number of hydrogen-bond donors (Lipinski definition) is 0. The minimum absolute atomic E-state index is 0.120. The molecule has 19 heavy (non-hydrogen) atoms. The van der Waals surface area contributed by atoms with E-state index in [4.69, 9.17) is 14.2 Å². The molecule has 0 spiro atoms. The van der Waals surface area contributed by atoms with Crippen LogP contribution in [0.2, 0.25) is 0 Å². The Morgan fingerprint density at radius 1 is 1.42 bits per heavy atom. The van der Waals surface area contributed by atoms with Gasteiger partial charge in [0.05, 0.1) is 5.56 Å². The first-order valence-corrected chi connectivity index (χ1v) is 5.91. The van der Waals surface area contributed by atoms with Crippen molar-refractivity contribution in [3.8, 4) is 17.2 Å². The van der Waals surface area contributed by atoms with Crippen LogP contribution in [0.25, 0.3) is 0 Å². The zero-order valence-corrected chi connectivity index (χ0v) is 10.8. The van der Waals surface area contributed by atoms with Gasteiger partial charge in [0.1, 0.15) is 5.75 Å². The second-order valence-electron chi connectivity index (χ2n) is 4.06. The van der Waals surface area contributed by atoms with Crippen molar-refractivity contribution in [1.82, 2.24) is 4.90 Å². The summed E-state index contributed by atoms with van der Waals surface area (Å²) in [4.78, 5) is 24.2. The Hall–Kier alpha value is -2.24. The Balaban J connectivity index is 2.12. The molecule has 0 atom stereocenters. The average Bonchev–Trinajstić information content (AvgIpc) is 2.89. The molecule has 1 aliphatic rings. The van der Waals surface area contributed by atoms with Gasteiger partial charge < -0.3 is 19.1 Å². The van der Waals surface area contributed by atoms with Crippen molar-refractivity contribution in [2.75, 3.05) is 27.0 Å². The Kier molecular flexibility index (Phi) is 3.89. The molecule has 1 aliphatic heterocycles. The molecule has 6 nitrogen and oxygen atoms in total. The second kappa shape index (κ2) is 5.60. The maximum absolute atomic E-state index is 11.6. The molecule has 0 saturated carbocycles. The summed E-state index contributed by atoms with van der Waals surface area (Å²) in [5.41, 5.74) is 0.330. The van der Waals surface area contributed by atoms with E-state index in [1.807, 2.05) is 6.92 Å². The molecule has 0 fully saturated rings. The number of likely N-dealkylation sites (N-methyl/N-ethyl adjacent to an activating group) is 1. The molecule has 0 radical (unpaired) electrons. The Bertz CT molecular complexity index is 500. The number of nitrogens with zero attached hydrogens (tertiary/aromatic N) is 1. The van der Waals surface area contributed by atoms with Crippen molar-refractivity contribution in [2.24, 2.45) is 0 Å². The fourth-order valence-corrected chi connectivity index (χ4v) is 1.58. The van der Waals surface area contributed by atoms with Crippen molar-refractivity contribution >= 4 is 12.2 Å². The normalized spacial score (nSPS) is 12.1. The van der Waals surface area contributed by atoms with E-state index < -0.39 is 0 Å². The highest BCUT2D eigenvalue weighted by Crippen LogP contribution is 2.37. The van der Waals surface area contributed by atoms with Gasteiger partial charge in [-0.05, 0) is 13.0 Å². The standard InChI is InChI=1S/C13H15NO5/c1-3-14(2)13(16)7-17-10-5-12-11(18-8-19-12)4-9(10)6-15/h4-6H,3,7-8H2,1-2H3. The highest BCUT2D eigenvalue weighted by molar-refractivity contribution is 5.82. The van der Waals surface area contributed by atoms with Gasteiger partial charge in [0.25, 0.3) is 5.91 Å². The molecule has 2 rings (SSSR count). The molecule has 0 aromatic heterocycles. The third kappa shape index (κ3) is 2.78. The van der Waals surface area contributed by atoms with Gasteiger partial charge in [-0.15, -0.1) is 0 Å². The molecular weight excluding hydrogens is 250 g/mol. The summed E-state index contributed by atoms with van der Waals surface area (Å²) in [5, 5.41) is 0. The maximum Gasteiger partial charge on any atom is 0.260 e. The topological polar surface area (TPSA) is 65.1 Å². The van der Waals surface area contributed by atoms with Crippen LogP contribution in [0.1, 0.15) is 17.3 Å². The van der Waals surface area contributed by atoms with E-state index >= 15 is 0 Å². The van der Waals surface area contributed by atoms with Gasteiger partial charge in [0.15, 0.2) is 24.4 Å². The zero-order valence-electron chi connectivity index (χ0n) is 10.8. The first-order chi connectivity index (χ1) is 9.15. The highest BCUT2D eigenvalue weighted by atomic mass is 16.7. The quantitative estimate of drug-likeness (QED) is 0.745. The molecule has 0 unspecified atom stereocenters. The van der Waals surface area contributed by atoms with Crippen LogP contribution in [0.5, 0.6) is 17.2 Å². The van der Waals surface area contributed by atoms with Gasteiger partial charge in [-0.1, -0.05) is 0 Å². The van der Waals surface area contributed by atoms with Crippen molar-refractivity contribution in [1.29, 1.82) is 0 Å². The number of carbonyl (C=O) groups is 2. The van der Waals surface area contributed by atoms with Gasteiger partial charge in [-0.2, -0.15) is 0 Å². The predicted octanol–water partition coefficient (Wildman–Crippen LogP) is 1.08. The molecule has 0 bridgehead atoms. The van der Waals surface area contributed by atoms with E-state index in [-0.39, 0.29) is 19.3 Å². The third-order valence-electron chi connectivity index (χ3n) is 2.88. The van der Waals surface area contributed by atoms with E-state index in [2.05, 4.69) is 0 Å². The van der Waals surface area contributed by atoms with Crippen LogP contribution in [0.15, 0.2) is 12.1 Å². The van der Waals surface area contributed by atoms with Crippen LogP contribution in [0.3, 0.4) is 0 Å². The number of amides is 1. The zero-order chi connectivity index (χ0) is 13.8. The summed E-state index contributed by atoms with van der Waals surface area (Å²) < 4.78 is 15.7. The largest absolute Gasteiger partial charge is 0.483 e. The summed E-state index contributed by atoms with van der Waals surface area (Å²) in [7, 11) is 1.69. The van der Waals surface area contributed by atoms with E-state index in [0.717, 1.165) is 0 Å². The summed E-state index contributed by atoms with van der Waals surface area (Å²) in [6, 6.07) is 3.10. The second-order valence-corrected chi connectivity index (χ2v) is 4.06. The molecule has 1 amide bonds. The van der Waals surface area contributed by atoms with Crippen molar-refractivity contribution in [2.45, 2.75) is 6.92 Å². The van der Waals surface area contributed by atoms with Crippen molar-refractivity contribution in [3.63, 3.8) is 0 Å². The average molecular weight is 265 g/mol. The SMILES string of the molecule is CCN(C)C(=O)COc1cc2c(cc1C=O)OCO2. The van der Waals surface area contributed by atoms with E-state index in [0.29, 0.717) is 35.6 Å². The molecule has 0 saturated heterocycles. The summed E-state index contributed by atoms with van der Waals surface area (Å²) in [5.74, 6) is 1.18. The summed E-state index contributed by atoms with van der Waals surface area (Å²) >= 11 is 0. The highest BCUT2D eigenvalue weighted by Gasteiger charge is 2.18. The summed E-state index contributed by atoms with van der Waals surface area (Å²) in [6.45, 7) is 2.47. The number of carbonyl (C=O) groups excluding carboxylic acids is 2. The monoisotopic (exact) mass is 265 g/mol. The maximum atomic E-state index is 11.6. The number of benzene rings is 1. The van der Waals surface area contributed by atoms with E-state index in [9.17, 15) is 9.59 Å². The van der Waals surface area contributed by atoms with Gasteiger partial charge in [0.2, 0.25) is 6.79 Å². The molecule has 1 heterocycles. The number of rotatable bonds is 5. The minimum Gasteiger partial charge on any atom is -0.483 e. The Morgan fingerprint density at radius 2 is 2.11 bits per heavy atom. The fourth-order valence-electron chi connectivity index (χ4n) is 1.58. The Labute approximate surface area is 110 Å². The third-order valence-corrected chi connectivity index (χ3v) is 2.88. The van der Waals surface area contributed by atoms with Crippen LogP contribution in [0, 0.1) is 0 Å². The van der Waals surface area contributed by atoms with E-state index in [1.54, 1.807) is 19.2 Å². The molecular formula is C13H15NO5. The number of ether oxygens (including phenoxy) is 3. The Morgan fingerprint density at radius 3 is 2.74 bits per heavy atom. The smallest absolute Gasteiger partial charge is 0.260 e. The lowest BCUT2D eigenvalue weighted by molar-refractivity contribution is -0.131. The van der Waals surface area contributed by atoms with Gasteiger partial charge in [-0.3, -0.25) is 9.59 Å². The molecule has 1 aromatic rings. The number of fused-ring (bicyclic) bond motifs is 1. The lowest BCUT2D eigenvalue weighted by Gasteiger charge is -2.15. The lowest BCUT2D eigenvalue weighted by atomic mass is 10.2. The van der Waals surface area contributed by atoms with Gasteiger partial charge >= 0.3 is 0 Å². The van der Waals surface area contributed by atoms with E-state index in [1.165, 1.54) is 4.90 Å². The lowest BCUT2D eigenvalue weighted by Crippen LogP contribution is -2.31. The molecule has 0 aliphatic carbocycles. The molecule has 1 aromatic carbocycles. The first kappa shape index (κ1) is 13.2. The van der Waals surface area contributed by atoms with Crippen LogP contribution >= 0.6 is 0 Å². The van der Waals surface area contributed by atoms with Crippen LogP contribution < -0.4 is 14.2 Å². The predicted molar refractivity (Wildman–Crippen MR) is 66.8 cm³/mol.